The summed E-state index contributed by atoms with van der Waals surface area (Å²) in [5.74, 6) is -0.400. The molecule has 0 bridgehead atoms. The smallest absolute Gasteiger partial charge is 0.287 e. The highest BCUT2D eigenvalue weighted by atomic mass is 16.4. The zero-order valence-electron chi connectivity index (χ0n) is 11.4. The van der Waals surface area contributed by atoms with Crippen LogP contribution in [-0.2, 0) is 4.79 Å². The van der Waals surface area contributed by atoms with Crippen molar-refractivity contribution in [3.8, 4) is 0 Å². The van der Waals surface area contributed by atoms with Gasteiger partial charge in [0.15, 0.2) is 5.76 Å². The third-order valence-corrected chi connectivity index (χ3v) is 2.83. The third-order valence-electron chi connectivity index (χ3n) is 2.83. The van der Waals surface area contributed by atoms with Crippen LogP contribution >= 0.6 is 0 Å². The van der Waals surface area contributed by atoms with Crippen molar-refractivity contribution >= 4 is 11.8 Å². The van der Waals surface area contributed by atoms with Crippen molar-refractivity contribution in [3.63, 3.8) is 0 Å². The molecule has 0 spiro atoms. The van der Waals surface area contributed by atoms with E-state index in [9.17, 15) is 14.7 Å². The molecule has 2 aromatic heterocycles. The van der Waals surface area contributed by atoms with Gasteiger partial charge in [0.25, 0.3) is 5.91 Å². The van der Waals surface area contributed by atoms with Crippen molar-refractivity contribution in [2.75, 3.05) is 6.54 Å². The van der Waals surface area contributed by atoms with Crippen molar-refractivity contribution in [2.45, 2.75) is 19.1 Å². The highest BCUT2D eigenvalue weighted by Gasteiger charge is 2.19. The Morgan fingerprint density at radius 1 is 1.24 bits per heavy atom. The van der Waals surface area contributed by atoms with Gasteiger partial charge in [-0.15, -0.1) is 0 Å². The number of aliphatic hydroxyl groups is 1. The van der Waals surface area contributed by atoms with Gasteiger partial charge < -0.3 is 24.6 Å². The van der Waals surface area contributed by atoms with Gasteiger partial charge in [-0.3, -0.25) is 9.59 Å². The molecule has 2 unspecified atom stereocenters. The highest BCUT2D eigenvalue weighted by molar-refractivity contribution is 5.95. The first kappa shape index (κ1) is 14.9. The van der Waals surface area contributed by atoms with Crippen molar-refractivity contribution in [2.24, 2.45) is 0 Å². The number of aliphatic hydroxyl groups excluding tert-OH is 1. The van der Waals surface area contributed by atoms with Gasteiger partial charge in [0.2, 0.25) is 5.91 Å². The van der Waals surface area contributed by atoms with E-state index < -0.39 is 24.0 Å². The first-order chi connectivity index (χ1) is 10.1. The summed E-state index contributed by atoms with van der Waals surface area (Å²) in [7, 11) is 0. The number of carbonyl (C=O) groups is 2. The third kappa shape index (κ3) is 3.96. The summed E-state index contributed by atoms with van der Waals surface area (Å²) in [5, 5.41) is 14.8. The number of furan rings is 2. The SMILES string of the molecule is CC(NC(=O)c1ccco1)C(=O)NCC(O)c1ccco1. The first-order valence-corrected chi connectivity index (χ1v) is 6.41. The summed E-state index contributed by atoms with van der Waals surface area (Å²) in [6.45, 7) is 1.53. The monoisotopic (exact) mass is 292 g/mol. The van der Waals surface area contributed by atoms with Crippen LogP contribution in [0, 0.1) is 0 Å². The van der Waals surface area contributed by atoms with Gasteiger partial charge in [0.1, 0.15) is 17.9 Å². The molecule has 7 nitrogen and oxygen atoms in total. The predicted molar refractivity (Wildman–Crippen MR) is 72.3 cm³/mol. The van der Waals surface area contributed by atoms with Crippen molar-refractivity contribution < 1.29 is 23.5 Å². The van der Waals surface area contributed by atoms with Crippen molar-refractivity contribution in [3.05, 3.63) is 48.3 Å². The second-order valence-electron chi connectivity index (χ2n) is 4.45. The summed E-state index contributed by atoms with van der Waals surface area (Å²) in [6, 6.07) is 5.58. The van der Waals surface area contributed by atoms with Gasteiger partial charge in [-0.2, -0.15) is 0 Å². The Kier molecular flexibility index (Phi) is 4.78. The zero-order chi connectivity index (χ0) is 15.2. The zero-order valence-corrected chi connectivity index (χ0v) is 11.4. The molecule has 21 heavy (non-hydrogen) atoms. The van der Waals surface area contributed by atoms with E-state index in [4.69, 9.17) is 8.83 Å². The van der Waals surface area contributed by atoms with E-state index in [1.165, 1.54) is 25.5 Å². The largest absolute Gasteiger partial charge is 0.467 e. The summed E-state index contributed by atoms with van der Waals surface area (Å²) < 4.78 is 9.95. The molecule has 3 N–H and O–H groups in total. The fourth-order valence-electron chi connectivity index (χ4n) is 1.67. The van der Waals surface area contributed by atoms with Crippen LogP contribution in [0.5, 0.6) is 0 Å². The average molecular weight is 292 g/mol. The van der Waals surface area contributed by atoms with Crippen molar-refractivity contribution in [1.82, 2.24) is 10.6 Å². The molecule has 112 valence electrons. The molecule has 2 rings (SSSR count). The Balaban J connectivity index is 1.79. The molecule has 2 aromatic rings. The summed E-state index contributed by atoms with van der Waals surface area (Å²) in [6.07, 6.45) is 1.88. The van der Waals surface area contributed by atoms with Crippen LogP contribution in [0.3, 0.4) is 0 Å². The van der Waals surface area contributed by atoms with E-state index in [2.05, 4.69) is 10.6 Å². The van der Waals surface area contributed by atoms with E-state index in [0.717, 1.165) is 0 Å². The molecule has 2 amide bonds. The molecular formula is C14H16N2O5. The maximum Gasteiger partial charge on any atom is 0.287 e. The molecule has 0 fully saturated rings. The maximum absolute atomic E-state index is 11.8. The van der Waals surface area contributed by atoms with Gasteiger partial charge in [0, 0.05) is 0 Å². The quantitative estimate of drug-likeness (QED) is 0.732. The summed E-state index contributed by atoms with van der Waals surface area (Å²) in [4.78, 5) is 23.5. The summed E-state index contributed by atoms with van der Waals surface area (Å²) >= 11 is 0. The fraction of sp³-hybridized carbons (Fsp3) is 0.286. The number of rotatable bonds is 6. The van der Waals surface area contributed by atoms with E-state index in [0.29, 0.717) is 5.76 Å². The number of amides is 2. The number of carbonyl (C=O) groups excluding carboxylic acids is 2. The second-order valence-corrected chi connectivity index (χ2v) is 4.45. The van der Waals surface area contributed by atoms with E-state index in [-0.39, 0.29) is 12.3 Å². The molecule has 0 saturated heterocycles. The van der Waals surface area contributed by atoms with Gasteiger partial charge in [0.05, 0.1) is 19.1 Å². The Morgan fingerprint density at radius 3 is 2.57 bits per heavy atom. The standard InChI is InChI=1S/C14H16N2O5/c1-9(16-14(19)12-5-3-7-21-12)13(18)15-8-10(17)11-4-2-6-20-11/h2-7,9-10,17H,8H2,1H3,(H,15,18)(H,16,19). The molecule has 0 aliphatic heterocycles. The lowest BCUT2D eigenvalue weighted by atomic mass is 10.2. The lowest BCUT2D eigenvalue weighted by molar-refractivity contribution is -0.123. The van der Waals surface area contributed by atoms with Crippen LogP contribution in [0.15, 0.2) is 45.6 Å². The lowest BCUT2D eigenvalue weighted by Gasteiger charge is -2.15. The summed E-state index contributed by atoms with van der Waals surface area (Å²) in [5.41, 5.74) is 0. The minimum atomic E-state index is -0.933. The minimum Gasteiger partial charge on any atom is -0.467 e. The van der Waals surface area contributed by atoms with Crippen LogP contribution in [-0.4, -0.2) is 29.5 Å². The van der Waals surface area contributed by atoms with Crippen LogP contribution < -0.4 is 10.6 Å². The van der Waals surface area contributed by atoms with E-state index >= 15 is 0 Å². The molecule has 0 aliphatic carbocycles. The van der Waals surface area contributed by atoms with Crippen LogP contribution in [0.2, 0.25) is 0 Å². The van der Waals surface area contributed by atoms with E-state index in [1.54, 1.807) is 18.2 Å². The average Bonchev–Trinajstić information content (AvgIpc) is 3.15. The molecule has 0 saturated carbocycles. The van der Waals surface area contributed by atoms with Crippen LogP contribution in [0.4, 0.5) is 0 Å². The Hall–Kier alpha value is -2.54. The topological polar surface area (TPSA) is 105 Å². The Labute approximate surface area is 120 Å². The maximum atomic E-state index is 11.8. The number of nitrogens with one attached hydrogen (secondary N) is 2. The Morgan fingerprint density at radius 2 is 1.95 bits per heavy atom. The highest BCUT2D eigenvalue weighted by Crippen LogP contribution is 2.11. The molecule has 7 heteroatoms. The van der Waals surface area contributed by atoms with E-state index in [1.807, 2.05) is 0 Å². The number of hydrogen-bond acceptors (Lipinski definition) is 5. The fourth-order valence-corrected chi connectivity index (χ4v) is 1.67. The van der Waals surface area contributed by atoms with Crippen LogP contribution in [0.25, 0.3) is 0 Å². The van der Waals surface area contributed by atoms with Gasteiger partial charge >= 0.3 is 0 Å². The predicted octanol–water partition coefficient (Wildman–Crippen LogP) is 0.841. The Bertz CT molecular complexity index is 577. The lowest BCUT2D eigenvalue weighted by Crippen LogP contribution is -2.45. The molecule has 2 heterocycles. The molecule has 0 radical (unpaired) electrons. The normalized spacial score (nSPS) is 13.4. The number of hydrogen-bond donors (Lipinski definition) is 3. The van der Waals surface area contributed by atoms with Gasteiger partial charge in [-0.05, 0) is 31.2 Å². The van der Waals surface area contributed by atoms with Gasteiger partial charge in [-0.1, -0.05) is 0 Å². The first-order valence-electron chi connectivity index (χ1n) is 6.41. The molecule has 2 atom stereocenters. The molecule has 0 aliphatic rings. The van der Waals surface area contributed by atoms with Gasteiger partial charge in [-0.25, -0.2) is 0 Å². The van der Waals surface area contributed by atoms with Crippen LogP contribution in [0.1, 0.15) is 29.3 Å². The second kappa shape index (κ2) is 6.76. The van der Waals surface area contributed by atoms with Crippen molar-refractivity contribution in [1.29, 1.82) is 0 Å². The minimum absolute atomic E-state index is 0.00664. The molecular weight excluding hydrogens is 276 g/mol. The molecule has 0 aromatic carbocycles.